The normalized spacial score (nSPS) is 31.0. The first-order valence-corrected chi connectivity index (χ1v) is 7.32. The van der Waals surface area contributed by atoms with Crippen LogP contribution in [0.5, 0.6) is 0 Å². The predicted octanol–water partition coefficient (Wildman–Crippen LogP) is 4.09. The molecule has 0 radical (unpaired) electrons. The summed E-state index contributed by atoms with van der Waals surface area (Å²) in [6.45, 7) is 9.77. The molecule has 1 heteroatoms. The van der Waals surface area contributed by atoms with Crippen LogP contribution in [0.4, 0.5) is 0 Å². The van der Waals surface area contributed by atoms with E-state index in [9.17, 15) is 0 Å². The SMILES string of the molecule is CCCC(C)(C)C1CCCP1C. The third kappa shape index (κ3) is 2.22. The molecule has 0 N–H and O–H groups in total. The third-order valence-electron chi connectivity index (χ3n) is 3.32. The van der Waals surface area contributed by atoms with E-state index in [1.807, 2.05) is 0 Å². The second-order valence-corrected chi connectivity index (χ2v) is 7.46. The number of hydrogen-bond donors (Lipinski definition) is 0. The summed E-state index contributed by atoms with van der Waals surface area (Å²) in [5.74, 6) is 0. The van der Waals surface area contributed by atoms with Gasteiger partial charge in [-0.1, -0.05) is 27.2 Å². The van der Waals surface area contributed by atoms with Crippen molar-refractivity contribution < 1.29 is 0 Å². The Morgan fingerprint density at radius 3 is 2.50 bits per heavy atom. The Morgan fingerprint density at radius 2 is 2.08 bits per heavy atom. The molecule has 0 aromatic heterocycles. The lowest BCUT2D eigenvalue weighted by molar-refractivity contribution is 0.310. The fraction of sp³-hybridized carbons (Fsp3) is 1.00. The molecule has 1 heterocycles. The molecule has 0 nitrogen and oxygen atoms in total. The first kappa shape index (κ1) is 10.5. The van der Waals surface area contributed by atoms with Crippen LogP contribution in [0.15, 0.2) is 0 Å². The zero-order chi connectivity index (χ0) is 9.19. The Labute approximate surface area is 78.9 Å². The van der Waals surface area contributed by atoms with E-state index in [0.717, 1.165) is 5.66 Å². The highest BCUT2D eigenvalue weighted by molar-refractivity contribution is 7.58. The predicted molar refractivity (Wildman–Crippen MR) is 59.4 cm³/mol. The minimum absolute atomic E-state index is 0.372. The van der Waals surface area contributed by atoms with E-state index in [2.05, 4.69) is 27.4 Å². The van der Waals surface area contributed by atoms with Crippen LogP contribution < -0.4 is 0 Å². The van der Waals surface area contributed by atoms with Crippen molar-refractivity contribution >= 4 is 7.92 Å². The Bertz CT molecular complexity index is 140. The number of rotatable bonds is 3. The third-order valence-corrected chi connectivity index (χ3v) is 6.36. The summed E-state index contributed by atoms with van der Waals surface area (Å²) >= 11 is 0. The molecular formula is C11H23P. The van der Waals surface area contributed by atoms with Gasteiger partial charge in [-0.3, -0.25) is 0 Å². The van der Waals surface area contributed by atoms with Crippen LogP contribution in [-0.2, 0) is 0 Å². The molecule has 0 aliphatic carbocycles. The fourth-order valence-electron chi connectivity index (χ4n) is 2.71. The van der Waals surface area contributed by atoms with E-state index < -0.39 is 0 Å². The van der Waals surface area contributed by atoms with Gasteiger partial charge >= 0.3 is 0 Å². The minimum atomic E-state index is 0.372. The van der Waals surface area contributed by atoms with Gasteiger partial charge in [-0.05, 0) is 43.2 Å². The average Bonchev–Trinajstić information content (AvgIpc) is 2.35. The van der Waals surface area contributed by atoms with Crippen molar-refractivity contribution in [2.24, 2.45) is 5.41 Å². The van der Waals surface area contributed by atoms with Crippen LogP contribution in [0.1, 0.15) is 46.5 Å². The average molecular weight is 186 g/mol. The van der Waals surface area contributed by atoms with Crippen molar-refractivity contribution in [1.29, 1.82) is 0 Å². The molecule has 0 amide bonds. The summed E-state index contributed by atoms with van der Waals surface area (Å²) in [7, 11) is 0.372. The van der Waals surface area contributed by atoms with Gasteiger partial charge < -0.3 is 0 Å². The molecule has 1 fully saturated rings. The molecule has 0 aromatic carbocycles. The van der Waals surface area contributed by atoms with Crippen molar-refractivity contribution in [2.75, 3.05) is 12.8 Å². The van der Waals surface area contributed by atoms with E-state index >= 15 is 0 Å². The monoisotopic (exact) mass is 186 g/mol. The molecule has 2 atom stereocenters. The van der Waals surface area contributed by atoms with Crippen LogP contribution in [0.2, 0.25) is 0 Å². The van der Waals surface area contributed by atoms with Crippen LogP contribution in [0, 0.1) is 5.41 Å². The zero-order valence-corrected chi connectivity index (χ0v) is 9.95. The molecule has 1 aliphatic heterocycles. The van der Waals surface area contributed by atoms with Gasteiger partial charge in [0.05, 0.1) is 0 Å². The van der Waals surface area contributed by atoms with Crippen molar-refractivity contribution in [3.8, 4) is 0 Å². The summed E-state index contributed by atoms with van der Waals surface area (Å²) in [5.41, 5.74) is 1.69. The highest BCUT2D eigenvalue weighted by atomic mass is 31.1. The van der Waals surface area contributed by atoms with Gasteiger partial charge in [0, 0.05) is 0 Å². The molecule has 1 aliphatic rings. The van der Waals surface area contributed by atoms with Gasteiger partial charge in [0.15, 0.2) is 0 Å². The summed E-state index contributed by atoms with van der Waals surface area (Å²) < 4.78 is 0. The molecule has 0 spiro atoms. The number of hydrogen-bond acceptors (Lipinski definition) is 0. The highest BCUT2D eigenvalue weighted by Crippen LogP contribution is 2.55. The first-order valence-electron chi connectivity index (χ1n) is 5.28. The summed E-state index contributed by atoms with van der Waals surface area (Å²) in [6.07, 6.45) is 7.32. The lowest BCUT2D eigenvalue weighted by Gasteiger charge is -2.34. The molecule has 1 saturated heterocycles. The molecule has 72 valence electrons. The van der Waals surface area contributed by atoms with Crippen molar-refractivity contribution in [2.45, 2.75) is 52.1 Å². The van der Waals surface area contributed by atoms with Crippen LogP contribution in [0.3, 0.4) is 0 Å². The minimum Gasteiger partial charge on any atom is -0.106 e. The van der Waals surface area contributed by atoms with Crippen molar-refractivity contribution in [3.05, 3.63) is 0 Å². The lowest BCUT2D eigenvalue weighted by atomic mass is 9.82. The molecule has 2 unspecified atom stereocenters. The van der Waals surface area contributed by atoms with Gasteiger partial charge in [0.2, 0.25) is 0 Å². The van der Waals surface area contributed by atoms with Crippen molar-refractivity contribution in [3.63, 3.8) is 0 Å². The van der Waals surface area contributed by atoms with E-state index in [1.54, 1.807) is 0 Å². The van der Waals surface area contributed by atoms with E-state index in [0.29, 0.717) is 13.3 Å². The highest BCUT2D eigenvalue weighted by Gasteiger charge is 2.35. The quantitative estimate of drug-likeness (QED) is 0.582. The molecule has 12 heavy (non-hydrogen) atoms. The molecule has 1 rings (SSSR count). The van der Waals surface area contributed by atoms with Gasteiger partial charge in [0.1, 0.15) is 0 Å². The Balaban J connectivity index is 2.54. The lowest BCUT2D eigenvalue weighted by Crippen LogP contribution is -2.25. The Morgan fingerprint density at radius 1 is 1.42 bits per heavy atom. The summed E-state index contributed by atoms with van der Waals surface area (Å²) in [4.78, 5) is 0. The van der Waals surface area contributed by atoms with Gasteiger partial charge in [-0.25, -0.2) is 0 Å². The van der Waals surface area contributed by atoms with Gasteiger partial charge in [-0.2, -0.15) is 0 Å². The summed E-state index contributed by atoms with van der Waals surface area (Å²) in [6, 6.07) is 0. The second kappa shape index (κ2) is 4.09. The molecular weight excluding hydrogens is 163 g/mol. The molecule has 0 bridgehead atoms. The standard InChI is InChI=1S/C11H23P/c1-5-8-11(2,3)10-7-6-9-12(10)4/h10H,5-9H2,1-4H3. The van der Waals surface area contributed by atoms with Gasteiger partial charge in [0.25, 0.3) is 0 Å². The maximum atomic E-state index is 2.50. The molecule has 0 aromatic rings. The van der Waals surface area contributed by atoms with E-state index in [1.165, 1.54) is 31.8 Å². The topological polar surface area (TPSA) is 0 Å². The van der Waals surface area contributed by atoms with Crippen molar-refractivity contribution in [1.82, 2.24) is 0 Å². The smallest absolute Gasteiger partial charge is 0.0160 e. The largest absolute Gasteiger partial charge is 0.106 e. The van der Waals surface area contributed by atoms with Crippen LogP contribution in [0.25, 0.3) is 0 Å². The summed E-state index contributed by atoms with van der Waals surface area (Å²) in [5, 5.41) is 0. The fourth-order valence-corrected chi connectivity index (χ4v) is 5.65. The second-order valence-electron chi connectivity index (χ2n) is 4.88. The maximum Gasteiger partial charge on any atom is -0.0160 e. The van der Waals surface area contributed by atoms with Gasteiger partial charge in [-0.15, -0.1) is 7.92 Å². The Hall–Kier alpha value is 0.430. The molecule has 0 saturated carbocycles. The van der Waals surface area contributed by atoms with E-state index in [4.69, 9.17) is 0 Å². The zero-order valence-electron chi connectivity index (χ0n) is 9.06. The van der Waals surface area contributed by atoms with Crippen LogP contribution in [-0.4, -0.2) is 18.5 Å². The van der Waals surface area contributed by atoms with E-state index in [-0.39, 0.29) is 0 Å². The maximum absolute atomic E-state index is 2.50. The first-order chi connectivity index (χ1) is 5.58. The van der Waals surface area contributed by atoms with Crippen LogP contribution >= 0.6 is 7.92 Å². The Kier molecular flexibility index (Phi) is 3.58.